The highest BCUT2D eigenvalue weighted by atomic mass is 16.2. The number of anilines is 2. The van der Waals surface area contributed by atoms with Gasteiger partial charge in [-0.15, -0.1) is 0 Å². The molecular formula is C21H21N5O4. The van der Waals surface area contributed by atoms with Crippen molar-refractivity contribution < 1.29 is 19.2 Å². The van der Waals surface area contributed by atoms with E-state index in [9.17, 15) is 19.2 Å². The van der Waals surface area contributed by atoms with Gasteiger partial charge in [-0.3, -0.25) is 24.1 Å². The number of hydrogen-bond donors (Lipinski definition) is 2. The number of nitrogens with zero attached hydrogens (tertiary/aromatic N) is 3. The molecule has 2 aliphatic heterocycles. The molecule has 0 atom stereocenters. The van der Waals surface area contributed by atoms with Gasteiger partial charge in [-0.05, 0) is 42.8 Å². The first-order valence-corrected chi connectivity index (χ1v) is 9.62. The Labute approximate surface area is 172 Å². The predicted octanol–water partition coefficient (Wildman–Crippen LogP) is 0.880. The summed E-state index contributed by atoms with van der Waals surface area (Å²) in [5.41, 5.74) is 8.14. The number of amides is 4. The van der Waals surface area contributed by atoms with Gasteiger partial charge in [0.2, 0.25) is 11.8 Å². The number of rotatable bonds is 4. The number of imide groups is 1. The molecule has 4 amide bonds. The van der Waals surface area contributed by atoms with Crippen LogP contribution in [-0.2, 0) is 9.59 Å². The Kier molecular flexibility index (Phi) is 4.94. The van der Waals surface area contributed by atoms with Crippen LogP contribution >= 0.6 is 0 Å². The average Bonchev–Trinajstić information content (AvgIpc) is 3.04. The topological polar surface area (TPSA) is 126 Å². The zero-order valence-corrected chi connectivity index (χ0v) is 16.4. The van der Waals surface area contributed by atoms with E-state index in [1.807, 2.05) is 0 Å². The molecule has 154 valence electrons. The van der Waals surface area contributed by atoms with Gasteiger partial charge in [0.05, 0.1) is 17.4 Å². The Morgan fingerprint density at radius 1 is 1.07 bits per heavy atom. The molecule has 9 heteroatoms. The Bertz CT molecular complexity index is 1030. The van der Waals surface area contributed by atoms with Crippen LogP contribution in [0, 0.1) is 6.92 Å². The van der Waals surface area contributed by atoms with E-state index >= 15 is 0 Å². The Morgan fingerprint density at radius 3 is 2.33 bits per heavy atom. The Hall–Kier alpha value is -3.75. The first-order valence-electron chi connectivity index (χ1n) is 9.62. The largest absolute Gasteiger partial charge is 0.397 e. The van der Waals surface area contributed by atoms with Crippen molar-refractivity contribution in [2.45, 2.75) is 25.8 Å². The molecule has 1 aromatic heterocycles. The normalized spacial score (nSPS) is 16.6. The molecule has 0 unspecified atom stereocenters. The average molecular weight is 407 g/mol. The van der Waals surface area contributed by atoms with Gasteiger partial charge in [0, 0.05) is 37.7 Å². The SMILES string of the molecule is Cc1ccnc(C(=O)NC2CN(C(=O)c3ccc(N4C(=O)CCC4=O)cc3)C2)c1N. The van der Waals surface area contributed by atoms with Crippen LogP contribution in [0.25, 0.3) is 0 Å². The number of nitrogens with one attached hydrogen (secondary N) is 1. The predicted molar refractivity (Wildman–Crippen MR) is 109 cm³/mol. The third kappa shape index (κ3) is 3.49. The number of nitrogen functional groups attached to an aromatic ring is 1. The van der Waals surface area contributed by atoms with Crippen molar-refractivity contribution in [3.8, 4) is 0 Å². The second-order valence-electron chi connectivity index (χ2n) is 7.44. The maximum Gasteiger partial charge on any atom is 0.272 e. The van der Waals surface area contributed by atoms with E-state index < -0.39 is 0 Å². The molecule has 0 aliphatic carbocycles. The number of benzene rings is 1. The van der Waals surface area contributed by atoms with Gasteiger partial charge in [0.15, 0.2) is 5.69 Å². The molecule has 0 bridgehead atoms. The molecule has 2 aliphatic rings. The van der Waals surface area contributed by atoms with Gasteiger partial charge < -0.3 is 16.0 Å². The lowest BCUT2D eigenvalue weighted by Gasteiger charge is -2.39. The summed E-state index contributed by atoms with van der Waals surface area (Å²) >= 11 is 0. The lowest BCUT2D eigenvalue weighted by Crippen LogP contribution is -2.61. The van der Waals surface area contributed by atoms with Crippen molar-refractivity contribution in [2.75, 3.05) is 23.7 Å². The third-order valence-electron chi connectivity index (χ3n) is 5.35. The summed E-state index contributed by atoms with van der Waals surface area (Å²) in [6.07, 6.45) is 1.96. The lowest BCUT2D eigenvalue weighted by molar-refractivity contribution is -0.121. The molecule has 0 saturated carbocycles. The van der Waals surface area contributed by atoms with Gasteiger partial charge >= 0.3 is 0 Å². The van der Waals surface area contributed by atoms with E-state index in [4.69, 9.17) is 5.73 Å². The molecule has 9 nitrogen and oxygen atoms in total. The second-order valence-corrected chi connectivity index (χ2v) is 7.44. The summed E-state index contributed by atoms with van der Waals surface area (Å²) in [5, 5.41) is 2.84. The molecule has 0 radical (unpaired) electrons. The third-order valence-corrected chi connectivity index (χ3v) is 5.35. The summed E-state index contributed by atoms with van der Waals surface area (Å²) < 4.78 is 0. The van der Waals surface area contributed by atoms with Crippen LogP contribution in [0.15, 0.2) is 36.5 Å². The van der Waals surface area contributed by atoms with Gasteiger partial charge in [-0.1, -0.05) is 0 Å². The van der Waals surface area contributed by atoms with Gasteiger partial charge in [0.1, 0.15) is 0 Å². The number of likely N-dealkylation sites (tertiary alicyclic amines) is 1. The van der Waals surface area contributed by atoms with E-state index in [1.165, 1.54) is 6.20 Å². The number of carbonyl (C=O) groups is 4. The summed E-state index contributed by atoms with van der Waals surface area (Å²) in [7, 11) is 0. The van der Waals surface area contributed by atoms with Crippen molar-refractivity contribution in [2.24, 2.45) is 0 Å². The van der Waals surface area contributed by atoms with Gasteiger partial charge in [-0.25, -0.2) is 4.98 Å². The fourth-order valence-electron chi connectivity index (χ4n) is 3.54. The van der Waals surface area contributed by atoms with Crippen LogP contribution in [0.5, 0.6) is 0 Å². The molecule has 2 aromatic rings. The van der Waals surface area contributed by atoms with E-state index in [0.717, 1.165) is 10.5 Å². The first kappa shape index (κ1) is 19.6. The zero-order valence-electron chi connectivity index (χ0n) is 16.4. The highest BCUT2D eigenvalue weighted by Crippen LogP contribution is 2.24. The first-order chi connectivity index (χ1) is 14.3. The minimum Gasteiger partial charge on any atom is -0.397 e. The molecule has 30 heavy (non-hydrogen) atoms. The van der Waals surface area contributed by atoms with Crippen LogP contribution < -0.4 is 16.0 Å². The van der Waals surface area contributed by atoms with E-state index in [1.54, 1.807) is 42.2 Å². The maximum atomic E-state index is 12.6. The van der Waals surface area contributed by atoms with Crippen LogP contribution in [0.1, 0.15) is 39.3 Å². The summed E-state index contributed by atoms with van der Waals surface area (Å²) in [6.45, 7) is 2.56. The molecule has 4 rings (SSSR count). The van der Waals surface area contributed by atoms with Crippen LogP contribution in [0.2, 0.25) is 0 Å². The number of aryl methyl sites for hydroxylation is 1. The van der Waals surface area contributed by atoms with E-state index in [0.29, 0.717) is 30.0 Å². The smallest absolute Gasteiger partial charge is 0.272 e. The summed E-state index contributed by atoms with van der Waals surface area (Å²) in [4.78, 5) is 55.4. The highest BCUT2D eigenvalue weighted by molar-refractivity contribution is 6.19. The van der Waals surface area contributed by atoms with Crippen molar-refractivity contribution >= 4 is 35.0 Å². The van der Waals surface area contributed by atoms with Crippen molar-refractivity contribution in [1.82, 2.24) is 15.2 Å². The maximum absolute atomic E-state index is 12.6. The zero-order chi connectivity index (χ0) is 21.4. The van der Waals surface area contributed by atoms with Gasteiger partial charge in [0.25, 0.3) is 11.8 Å². The monoisotopic (exact) mass is 407 g/mol. The minimum absolute atomic E-state index is 0.178. The molecule has 3 N–H and O–H groups in total. The van der Waals surface area contributed by atoms with Crippen LogP contribution in [-0.4, -0.2) is 52.6 Å². The molecule has 2 saturated heterocycles. The Morgan fingerprint density at radius 2 is 1.70 bits per heavy atom. The summed E-state index contributed by atoms with van der Waals surface area (Å²) in [6, 6.07) is 7.94. The standard InChI is InChI=1S/C21H21N5O4/c1-12-8-9-23-19(18(12)22)20(29)24-14-10-25(11-14)21(30)13-2-4-15(5-3-13)26-16(27)6-7-17(26)28/h2-5,8-9,14H,6-7,10-11,22H2,1H3,(H,24,29). The van der Waals surface area contributed by atoms with Crippen molar-refractivity contribution in [3.63, 3.8) is 0 Å². The molecule has 0 spiro atoms. The van der Waals surface area contributed by atoms with Crippen LogP contribution in [0.3, 0.4) is 0 Å². The fraction of sp³-hybridized carbons (Fsp3) is 0.286. The number of nitrogens with two attached hydrogens (primary N) is 1. The molecular weight excluding hydrogens is 386 g/mol. The van der Waals surface area contributed by atoms with E-state index in [-0.39, 0.29) is 48.2 Å². The fourth-order valence-corrected chi connectivity index (χ4v) is 3.54. The molecule has 3 heterocycles. The quantitative estimate of drug-likeness (QED) is 0.725. The number of aromatic nitrogens is 1. The number of pyridine rings is 1. The second kappa shape index (κ2) is 7.58. The highest BCUT2D eigenvalue weighted by Gasteiger charge is 2.34. The Balaban J connectivity index is 1.34. The van der Waals surface area contributed by atoms with Crippen molar-refractivity contribution in [1.29, 1.82) is 0 Å². The minimum atomic E-state index is -0.363. The van der Waals surface area contributed by atoms with E-state index in [2.05, 4.69) is 10.3 Å². The van der Waals surface area contributed by atoms with Gasteiger partial charge in [-0.2, -0.15) is 0 Å². The number of hydrogen-bond acceptors (Lipinski definition) is 6. The molecule has 2 fully saturated rings. The van der Waals surface area contributed by atoms with Crippen LogP contribution in [0.4, 0.5) is 11.4 Å². The number of carbonyl (C=O) groups excluding carboxylic acids is 4. The lowest BCUT2D eigenvalue weighted by atomic mass is 10.1. The summed E-state index contributed by atoms with van der Waals surface area (Å²) in [5.74, 6) is -1.01. The van der Waals surface area contributed by atoms with Crippen molar-refractivity contribution in [3.05, 3.63) is 53.3 Å². The molecule has 1 aromatic carbocycles.